The average molecular weight is 335 g/mol. The minimum Gasteiger partial charge on any atom is -0.355 e. The van der Waals surface area contributed by atoms with E-state index in [0.29, 0.717) is 13.0 Å². The molecule has 1 saturated carbocycles. The number of carbonyl (C=O) groups is 1. The monoisotopic (exact) mass is 335 g/mol. The van der Waals surface area contributed by atoms with Crippen molar-refractivity contribution < 1.29 is 13.2 Å². The topological polar surface area (TPSA) is 63.2 Å². The van der Waals surface area contributed by atoms with Gasteiger partial charge in [-0.15, -0.1) is 0 Å². The molecule has 2 fully saturated rings. The van der Waals surface area contributed by atoms with Crippen LogP contribution in [0.2, 0.25) is 0 Å². The number of sulfone groups is 1. The summed E-state index contributed by atoms with van der Waals surface area (Å²) in [6.45, 7) is 2.53. The van der Waals surface area contributed by atoms with Gasteiger partial charge in [-0.05, 0) is 37.7 Å². The van der Waals surface area contributed by atoms with Crippen LogP contribution in [0.4, 0.5) is 0 Å². The van der Waals surface area contributed by atoms with Gasteiger partial charge in [0.25, 0.3) is 0 Å². The van der Waals surface area contributed by atoms with E-state index in [4.69, 9.17) is 0 Å². The number of hydrogen-bond donors (Lipinski definition) is 1. The van der Waals surface area contributed by atoms with E-state index < -0.39 is 15.3 Å². The van der Waals surface area contributed by atoms with Gasteiger partial charge in [0, 0.05) is 6.54 Å². The second-order valence-corrected chi connectivity index (χ2v) is 9.37. The van der Waals surface area contributed by atoms with Gasteiger partial charge in [0.05, 0.1) is 16.9 Å². The van der Waals surface area contributed by atoms with E-state index in [2.05, 4.69) is 17.4 Å². The molecule has 0 spiro atoms. The fourth-order valence-corrected chi connectivity index (χ4v) is 5.87. The van der Waals surface area contributed by atoms with Gasteiger partial charge in [-0.25, -0.2) is 8.42 Å². The van der Waals surface area contributed by atoms with E-state index in [1.54, 1.807) is 0 Å². The maximum absolute atomic E-state index is 12.9. The predicted molar refractivity (Wildman–Crippen MR) is 91.1 cm³/mol. The van der Waals surface area contributed by atoms with Crippen LogP contribution in [-0.2, 0) is 20.0 Å². The number of benzene rings is 1. The van der Waals surface area contributed by atoms with Crippen molar-refractivity contribution in [3.05, 3.63) is 35.4 Å². The normalized spacial score (nSPS) is 25.3. The highest BCUT2D eigenvalue weighted by atomic mass is 32.2. The number of nitrogens with one attached hydrogen (secondary N) is 1. The largest absolute Gasteiger partial charge is 0.355 e. The van der Waals surface area contributed by atoms with E-state index in [-0.39, 0.29) is 23.3 Å². The quantitative estimate of drug-likeness (QED) is 0.919. The molecular formula is C18H25NO3S. The Morgan fingerprint density at radius 1 is 1.30 bits per heavy atom. The fraction of sp³-hybridized carbons (Fsp3) is 0.611. The summed E-state index contributed by atoms with van der Waals surface area (Å²) in [5.74, 6) is 0.617. The highest BCUT2D eigenvalue weighted by Crippen LogP contribution is 2.41. The molecule has 1 aromatic carbocycles. The van der Waals surface area contributed by atoms with E-state index in [0.717, 1.165) is 31.2 Å². The van der Waals surface area contributed by atoms with Crippen molar-refractivity contribution >= 4 is 15.7 Å². The minimum absolute atomic E-state index is 0.0694. The summed E-state index contributed by atoms with van der Waals surface area (Å²) in [5, 5.41) is 3.06. The summed E-state index contributed by atoms with van der Waals surface area (Å²) in [7, 11) is -2.89. The Labute approximate surface area is 138 Å². The molecule has 1 aliphatic heterocycles. The first kappa shape index (κ1) is 16.5. The number of hydrogen-bond acceptors (Lipinski definition) is 3. The maximum atomic E-state index is 12.9. The van der Waals surface area contributed by atoms with E-state index in [1.165, 1.54) is 5.56 Å². The maximum Gasteiger partial charge on any atom is 0.230 e. The lowest BCUT2D eigenvalue weighted by atomic mass is 9.77. The summed E-state index contributed by atoms with van der Waals surface area (Å²) in [6, 6.07) is 8.23. The molecule has 0 radical (unpaired) electrons. The zero-order chi connectivity index (χ0) is 16.5. The van der Waals surface area contributed by atoms with Crippen LogP contribution in [0.1, 0.15) is 43.2 Å². The smallest absolute Gasteiger partial charge is 0.230 e. The summed E-state index contributed by atoms with van der Waals surface area (Å²) in [4.78, 5) is 12.9. The molecule has 23 heavy (non-hydrogen) atoms. The molecule has 0 unspecified atom stereocenters. The molecule has 1 saturated heterocycles. The van der Waals surface area contributed by atoms with Crippen molar-refractivity contribution in [2.24, 2.45) is 5.92 Å². The van der Waals surface area contributed by atoms with Gasteiger partial charge >= 0.3 is 0 Å². The van der Waals surface area contributed by atoms with E-state index in [9.17, 15) is 13.2 Å². The molecule has 1 atom stereocenters. The Kier molecular flexibility index (Phi) is 4.50. The molecule has 0 aromatic heterocycles. The van der Waals surface area contributed by atoms with Crippen molar-refractivity contribution in [1.29, 1.82) is 0 Å². The average Bonchev–Trinajstić information content (AvgIpc) is 3.12. The highest BCUT2D eigenvalue weighted by Gasteiger charge is 2.43. The SMILES string of the molecule is Cc1cccc(C2(C(=O)NC[C@H]3CCS(=O)(=O)C3)CCCC2)c1. The summed E-state index contributed by atoms with van der Waals surface area (Å²) in [5.41, 5.74) is 1.85. The van der Waals surface area contributed by atoms with Gasteiger partial charge in [0.2, 0.25) is 5.91 Å². The molecule has 5 heteroatoms. The summed E-state index contributed by atoms with van der Waals surface area (Å²) < 4.78 is 23.1. The number of rotatable bonds is 4. The van der Waals surface area contributed by atoms with Crippen LogP contribution >= 0.6 is 0 Å². The molecule has 1 aliphatic carbocycles. The molecule has 1 N–H and O–H groups in total. The standard InChI is InChI=1S/C18H25NO3S/c1-14-5-4-6-16(11-14)18(8-2-3-9-18)17(20)19-12-15-7-10-23(21,22)13-15/h4-6,11,15H,2-3,7-10,12-13H2,1H3,(H,19,20)/t15-/m1/s1. The van der Waals surface area contributed by atoms with Crippen LogP contribution in [0.25, 0.3) is 0 Å². The zero-order valence-corrected chi connectivity index (χ0v) is 14.5. The summed E-state index contributed by atoms with van der Waals surface area (Å²) >= 11 is 0. The zero-order valence-electron chi connectivity index (χ0n) is 13.7. The first-order valence-electron chi connectivity index (χ1n) is 8.47. The Morgan fingerprint density at radius 3 is 2.65 bits per heavy atom. The van der Waals surface area contributed by atoms with Crippen molar-refractivity contribution in [2.45, 2.75) is 44.4 Å². The van der Waals surface area contributed by atoms with Crippen molar-refractivity contribution in [3.63, 3.8) is 0 Å². The Balaban J connectivity index is 1.72. The first-order valence-corrected chi connectivity index (χ1v) is 10.3. The third-order valence-corrected chi connectivity index (χ3v) is 7.18. The van der Waals surface area contributed by atoms with Crippen LogP contribution in [0.3, 0.4) is 0 Å². The second kappa shape index (κ2) is 6.27. The second-order valence-electron chi connectivity index (χ2n) is 7.14. The fourth-order valence-electron chi connectivity index (χ4n) is 4.01. The lowest BCUT2D eigenvalue weighted by Gasteiger charge is -2.29. The predicted octanol–water partition coefficient (Wildman–Crippen LogP) is 2.36. The van der Waals surface area contributed by atoms with Crippen LogP contribution < -0.4 is 5.32 Å². The third kappa shape index (κ3) is 3.44. The summed E-state index contributed by atoms with van der Waals surface area (Å²) in [6.07, 6.45) is 4.56. The van der Waals surface area contributed by atoms with Gasteiger partial charge in [0.15, 0.2) is 9.84 Å². The number of aryl methyl sites for hydroxylation is 1. The number of carbonyl (C=O) groups excluding carboxylic acids is 1. The van der Waals surface area contributed by atoms with Crippen LogP contribution in [0.5, 0.6) is 0 Å². The van der Waals surface area contributed by atoms with Gasteiger partial charge in [0.1, 0.15) is 0 Å². The molecular weight excluding hydrogens is 310 g/mol. The minimum atomic E-state index is -2.89. The highest BCUT2D eigenvalue weighted by molar-refractivity contribution is 7.91. The van der Waals surface area contributed by atoms with Crippen molar-refractivity contribution in [2.75, 3.05) is 18.1 Å². The van der Waals surface area contributed by atoms with E-state index in [1.807, 2.05) is 19.1 Å². The molecule has 1 aromatic rings. The molecule has 4 nitrogen and oxygen atoms in total. The van der Waals surface area contributed by atoms with Gasteiger partial charge in [-0.3, -0.25) is 4.79 Å². The molecule has 1 heterocycles. The van der Waals surface area contributed by atoms with Crippen molar-refractivity contribution in [3.8, 4) is 0 Å². The lowest BCUT2D eigenvalue weighted by Crippen LogP contribution is -2.44. The van der Waals surface area contributed by atoms with Crippen LogP contribution in [0.15, 0.2) is 24.3 Å². The van der Waals surface area contributed by atoms with Gasteiger partial charge in [-0.1, -0.05) is 42.7 Å². The molecule has 0 bridgehead atoms. The van der Waals surface area contributed by atoms with Gasteiger partial charge in [-0.2, -0.15) is 0 Å². The Morgan fingerprint density at radius 2 is 2.04 bits per heavy atom. The number of amides is 1. The third-order valence-electron chi connectivity index (χ3n) is 5.34. The lowest BCUT2D eigenvalue weighted by molar-refractivity contribution is -0.126. The molecule has 1 amide bonds. The molecule has 2 aliphatic rings. The van der Waals surface area contributed by atoms with Crippen LogP contribution in [-0.4, -0.2) is 32.4 Å². The molecule has 126 valence electrons. The van der Waals surface area contributed by atoms with Gasteiger partial charge < -0.3 is 5.32 Å². The van der Waals surface area contributed by atoms with Crippen molar-refractivity contribution in [1.82, 2.24) is 5.32 Å². The first-order chi connectivity index (χ1) is 10.9. The molecule has 3 rings (SSSR count). The Bertz CT molecular complexity index is 690. The van der Waals surface area contributed by atoms with E-state index >= 15 is 0 Å². The van der Waals surface area contributed by atoms with Crippen LogP contribution in [0, 0.1) is 12.8 Å². The Hall–Kier alpha value is -1.36.